The average Bonchev–Trinajstić information content (AvgIpc) is 3.45. The monoisotopic (exact) mass is 492 g/mol. The summed E-state index contributed by atoms with van der Waals surface area (Å²) in [7, 11) is 0. The predicted octanol–water partition coefficient (Wildman–Crippen LogP) is 3.77. The van der Waals surface area contributed by atoms with Gasteiger partial charge < -0.3 is 4.90 Å². The molecule has 8 heteroatoms. The lowest BCUT2D eigenvalue weighted by Gasteiger charge is -2.36. The summed E-state index contributed by atoms with van der Waals surface area (Å²) >= 11 is 6.67. The molecule has 0 bridgehead atoms. The number of carbonyl (C=O) groups excluding carboxylic acids is 2. The first-order valence-corrected chi connectivity index (χ1v) is 13.3. The van der Waals surface area contributed by atoms with Crippen LogP contribution in [0.4, 0.5) is 5.69 Å². The molecule has 0 spiro atoms. The van der Waals surface area contributed by atoms with Crippen molar-refractivity contribution in [1.29, 1.82) is 0 Å². The van der Waals surface area contributed by atoms with Crippen LogP contribution in [-0.2, 0) is 22.7 Å². The smallest absolute Gasteiger partial charge is 0.243 e. The van der Waals surface area contributed by atoms with Crippen LogP contribution >= 0.6 is 24.0 Å². The second-order valence-electron chi connectivity index (χ2n) is 9.37. The molecule has 2 amide bonds. The van der Waals surface area contributed by atoms with Crippen LogP contribution in [0.2, 0.25) is 0 Å². The first-order chi connectivity index (χ1) is 16.6. The zero-order chi connectivity index (χ0) is 23.2. The molecule has 2 aromatic carbocycles. The second kappa shape index (κ2) is 9.00. The van der Waals surface area contributed by atoms with Gasteiger partial charge in [0.2, 0.25) is 11.8 Å². The highest BCUT2D eigenvalue weighted by molar-refractivity contribution is 7.80. The number of thiophene rings is 1. The molecule has 1 aromatic heterocycles. The Hall–Kier alpha value is -2.39. The number of hydrogen-bond acceptors (Lipinski definition) is 7. The molecule has 0 aliphatic carbocycles. The van der Waals surface area contributed by atoms with Gasteiger partial charge in [-0.15, -0.1) is 11.3 Å². The van der Waals surface area contributed by atoms with Gasteiger partial charge in [-0.2, -0.15) is 12.6 Å². The quantitative estimate of drug-likeness (QED) is 0.429. The minimum Gasteiger partial charge on any atom is -0.368 e. The van der Waals surface area contributed by atoms with Gasteiger partial charge in [0.05, 0.1) is 11.4 Å². The molecular weight excluding hydrogens is 464 g/mol. The summed E-state index contributed by atoms with van der Waals surface area (Å²) in [6, 6.07) is 15.0. The lowest BCUT2D eigenvalue weighted by Crippen LogP contribution is -2.51. The van der Waals surface area contributed by atoms with E-state index in [1.165, 1.54) is 32.5 Å². The Bertz CT molecular complexity index is 1250. The molecule has 0 radical (unpaired) electrons. The van der Waals surface area contributed by atoms with Gasteiger partial charge >= 0.3 is 0 Å². The van der Waals surface area contributed by atoms with Crippen molar-refractivity contribution in [3.63, 3.8) is 0 Å². The average molecular weight is 493 g/mol. The molecule has 3 aliphatic rings. The summed E-state index contributed by atoms with van der Waals surface area (Å²) in [6.45, 7) is 5.68. The topological polar surface area (TPSA) is 55.9 Å². The fourth-order valence-corrected chi connectivity index (χ4v) is 6.90. The Balaban J connectivity index is 1.14. The maximum Gasteiger partial charge on any atom is 0.243 e. The van der Waals surface area contributed by atoms with Crippen LogP contribution in [0.15, 0.2) is 47.8 Å². The number of hydrogen-bond donors (Lipinski definition) is 2. The summed E-state index contributed by atoms with van der Waals surface area (Å²) in [6.07, 6.45) is 0.948. The predicted molar refractivity (Wildman–Crippen MR) is 139 cm³/mol. The summed E-state index contributed by atoms with van der Waals surface area (Å²) in [5.74, 6) is -0.370. The van der Waals surface area contributed by atoms with Crippen LogP contribution in [0.5, 0.6) is 0 Å². The van der Waals surface area contributed by atoms with Crippen LogP contribution in [0.1, 0.15) is 34.9 Å². The molecule has 3 aromatic rings. The van der Waals surface area contributed by atoms with Gasteiger partial charge in [-0.1, -0.05) is 24.3 Å². The molecule has 1 N–H and O–H groups in total. The van der Waals surface area contributed by atoms with E-state index < -0.39 is 0 Å². The van der Waals surface area contributed by atoms with E-state index in [1.54, 1.807) is 11.3 Å². The second-order valence-corrected chi connectivity index (χ2v) is 10.8. The normalized spacial score (nSPS) is 24.0. The van der Waals surface area contributed by atoms with Crippen molar-refractivity contribution in [1.82, 2.24) is 15.1 Å². The third-order valence-electron chi connectivity index (χ3n) is 7.43. The van der Waals surface area contributed by atoms with Crippen LogP contribution in [0.25, 0.3) is 10.1 Å². The number of imide groups is 1. The molecular formula is C26H28N4O2S2. The number of fused-ring (bicyclic) bond motifs is 2. The number of carbonyl (C=O) groups is 2. The van der Waals surface area contributed by atoms with E-state index in [0.717, 1.165) is 32.7 Å². The van der Waals surface area contributed by atoms with Crippen molar-refractivity contribution in [2.75, 3.05) is 31.1 Å². The van der Waals surface area contributed by atoms with Crippen molar-refractivity contribution in [2.24, 2.45) is 0 Å². The molecule has 2 fully saturated rings. The molecule has 0 saturated carbocycles. The number of nitrogens with one attached hydrogen (secondary N) is 1. The first kappa shape index (κ1) is 22.1. The van der Waals surface area contributed by atoms with Gasteiger partial charge in [-0.3, -0.25) is 24.7 Å². The van der Waals surface area contributed by atoms with Gasteiger partial charge in [0.25, 0.3) is 0 Å². The highest BCUT2D eigenvalue weighted by atomic mass is 32.1. The zero-order valence-corrected chi connectivity index (χ0v) is 20.7. The molecule has 2 atom stereocenters. The van der Waals surface area contributed by atoms with E-state index in [4.69, 9.17) is 12.6 Å². The molecule has 34 heavy (non-hydrogen) atoms. The van der Waals surface area contributed by atoms with E-state index in [1.807, 2.05) is 0 Å². The van der Waals surface area contributed by atoms with E-state index in [-0.39, 0.29) is 23.2 Å². The van der Waals surface area contributed by atoms with Crippen LogP contribution in [-0.4, -0.2) is 53.8 Å². The largest absolute Gasteiger partial charge is 0.368 e. The first-order valence-electron chi connectivity index (χ1n) is 11.9. The van der Waals surface area contributed by atoms with Crippen molar-refractivity contribution < 1.29 is 9.59 Å². The molecule has 2 unspecified atom stereocenters. The van der Waals surface area contributed by atoms with E-state index >= 15 is 0 Å². The lowest BCUT2D eigenvalue weighted by atomic mass is 10.0. The molecule has 3 aliphatic heterocycles. The summed E-state index contributed by atoms with van der Waals surface area (Å²) in [5, 5.41) is 5.90. The highest BCUT2D eigenvalue weighted by Gasteiger charge is 2.39. The number of nitrogens with zero attached hydrogens (tertiary/aromatic N) is 3. The number of piperazine rings is 1. The van der Waals surface area contributed by atoms with Gasteiger partial charge in [0.15, 0.2) is 0 Å². The van der Waals surface area contributed by atoms with Crippen molar-refractivity contribution >= 4 is 51.6 Å². The maximum atomic E-state index is 12.5. The van der Waals surface area contributed by atoms with Crippen molar-refractivity contribution in [3.8, 4) is 0 Å². The fraction of sp³-hybridized carbons (Fsp3) is 0.385. The van der Waals surface area contributed by atoms with Gasteiger partial charge in [-0.05, 0) is 46.7 Å². The Kier molecular flexibility index (Phi) is 5.85. The number of benzene rings is 2. The van der Waals surface area contributed by atoms with Gasteiger partial charge in [0, 0.05) is 61.5 Å². The Labute approximate surface area is 208 Å². The standard InChI is InChI=1S/C26H28N4O2S2/c31-24-8-7-22(25(32)27-24)30-16-20-17(3-1-4-18(20)26(30)33)15-28-10-12-29(13-11-28)21-5-2-6-23-19(21)9-14-34-23/h1-6,9,14,22,26,33H,7-8,10-13,15-16H2,(H,27,31,32). The van der Waals surface area contributed by atoms with Crippen molar-refractivity contribution in [2.45, 2.75) is 37.3 Å². The molecule has 2 saturated heterocycles. The number of amides is 2. The Morgan fingerprint density at radius 3 is 2.68 bits per heavy atom. The minimum absolute atomic E-state index is 0.123. The Morgan fingerprint density at radius 2 is 1.85 bits per heavy atom. The third-order valence-corrected chi connectivity index (χ3v) is 8.89. The van der Waals surface area contributed by atoms with Crippen LogP contribution in [0.3, 0.4) is 0 Å². The van der Waals surface area contributed by atoms with E-state index in [2.05, 4.69) is 67.9 Å². The molecule has 6 rings (SSSR count). The van der Waals surface area contributed by atoms with Gasteiger partial charge in [0.1, 0.15) is 0 Å². The number of thiol groups is 1. The number of rotatable bonds is 4. The Morgan fingerprint density at radius 1 is 1.03 bits per heavy atom. The highest BCUT2D eigenvalue weighted by Crippen LogP contribution is 2.41. The molecule has 176 valence electrons. The van der Waals surface area contributed by atoms with E-state index in [0.29, 0.717) is 19.4 Å². The van der Waals surface area contributed by atoms with Crippen LogP contribution in [0, 0.1) is 0 Å². The summed E-state index contributed by atoms with van der Waals surface area (Å²) < 4.78 is 1.35. The fourth-order valence-electron chi connectivity index (χ4n) is 5.61. The SMILES string of the molecule is O=C1CCC(N2Cc3c(CN4CCN(c5cccc6sccc56)CC4)cccc3C2S)C(=O)N1. The van der Waals surface area contributed by atoms with Crippen LogP contribution < -0.4 is 10.2 Å². The molecule has 4 heterocycles. The van der Waals surface area contributed by atoms with Gasteiger partial charge in [-0.25, -0.2) is 0 Å². The lowest BCUT2D eigenvalue weighted by molar-refractivity contribution is -0.137. The zero-order valence-electron chi connectivity index (χ0n) is 18.9. The number of piperidine rings is 1. The maximum absolute atomic E-state index is 12.5. The summed E-state index contributed by atoms with van der Waals surface area (Å²) in [4.78, 5) is 31.3. The molecule has 6 nitrogen and oxygen atoms in total. The minimum atomic E-state index is -0.302. The van der Waals surface area contributed by atoms with Crippen molar-refractivity contribution in [3.05, 3.63) is 64.5 Å². The third kappa shape index (κ3) is 3.92. The summed E-state index contributed by atoms with van der Waals surface area (Å²) in [5.41, 5.74) is 5.14. The van der Waals surface area contributed by atoms with E-state index in [9.17, 15) is 9.59 Å². The number of anilines is 1.